The van der Waals surface area contributed by atoms with Crippen LogP contribution in [0.15, 0.2) is 18.2 Å². The second kappa shape index (κ2) is 3.36. The number of hydrogen-bond donors (Lipinski definition) is 0. The normalized spacial score (nSPS) is 11.3. The van der Waals surface area contributed by atoms with Crippen LogP contribution >= 0.6 is 11.6 Å². The SMILES string of the molecule is CC(C)(C)Oc1[c]cccc1Cl. The molecule has 2 heteroatoms. The molecule has 0 N–H and O–H groups in total. The molecular weight excluding hydrogens is 172 g/mol. The molecule has 65 valence electrons. The summed E-state index contributed by atoms with van der Waals surface area (Å²) in [5.41, 5.74) is -0.221. The maximum Gasteiger partial charge on any atom is 0.146 e. The first kappa shape index (κ1) is 9.40. The summed E-state index contributed by atoms with van der Waals surface area (Å²) >= 11 is 5.87. The standard InChI is InChI=1S/C10H12ClO/c1-10(2,3)12-9-7-5-4-6-8(9)11/h4-6H,1-3H3. The van der Waals surface area contributed by atoms with Crippen LogP contribution in [0, 0.1) is 6.07 Å². The van der Waals surface area contributed by atoms with Crippen molar-refractivity contribution in [1.82, 2.24) is 0 Å². The molecule has 0 atom stereocenters. The second-order valence-electron chi connectivity index (χ2n) is 3.56. The highest BCUT2D eigenvalue weighted by Gasteiger charge is 2.13. The third-order valence-corrected chi connectivity index (χ3v) is 1.48. The molecule has 0 aliphatic rings. The molecule has 1 aromatic carbocycles. The Hall–Kier alpha value is -0.690. The van der Waals surface area contributed by atoms with Gasteiger partial charge in [-0.15, -0.1) is 0 Å². The van der Waals surface area contributed by atoms with E-state index in [2.05, 4.69) is 6.07 Å². The van der Waals surface area contributed by atoms with Gasteiger partial charge in [0.1, 0.15) is 11.4 Å². The Labute approximate surface area is 78.3 Å². The van der Waals surface area contributed by atoms with Crippen LogP contribution in [0.2, 0.25) is 5.02 Å². The van der Waals surface area contributed by atoms with Crippen molar-refractivity contribution in [2.24, 2.45) is 0 Å². The average Bonchev–Trinajstić information content (AvgIpc) is 1.91. The van der Waals surface area contributed by atoms with Crippen LogP contribution in [0.5, 0.6) is 5.75 Å². The Kier molecular flexibility index (Phi) is 2.63. The van der Waals surface area contributed by atoms with Crippen molar-refractivity contribution in [3.63, 3.8) is 0 Å². The van der Waals surface area contributed by atoms with Gasteiger partial charge >= 0.3 is 0 Å². The van der Waals surface area contributed by atoms with E-state index in [0.717, 1.165) is 0 Å². The lowest BCUT2D eigenvalue weighted by molar-refractivity contribution is 0.130. The van der Waals surface area contributed by atoms with Crippen molar-refractivity contribution in [2.75, 3.05) is 0 Å². The molecule has 0 heterocycles. The van der Waals surface area contributed by atoms with E-state index in [0.29, 0.717) is 10.8 Å². The first-order valence-electron chi connectivity index (χ1n) is 3.84. The average molecular weight is 184 g/mol. The number of para-hydroxylation sites is 1. The van der Waals surface area contributed by atoms with Crippen molar-refractivity contribution in [1.29, 1.82) is 0 Å². The van der Waals surface area contributed by atoms with Crippen molar-refractivity contribution in [3.05, 3.63) is 29.3 Å². The number of rotatable bonds is 1. The first-order chi connectivity index (χ1) is 5.49. The second-order valence-corrected chi connectivity index (χ2v) is 3.97. The van der Waals surface area contributed by atoms with Gasteiger partial charge in [-0.1, -0.05) is 23.7 Å². The van der Waals surface area contributed by atoms with Crippen molar-refractivity contribution in [2.45, 2.75) is 26.4 Å². The highest BCUT2D eigenvalue weighted by atomic mass is 35.5. The zero-order valence-electron chi connectivity index (χ0n) is 7.52. The van der Waals surface area contributed by atoms with Crippen molar-refractivity contribution >= 4 is 11.6 Å². The van der Waals surface area contributed by atoms with Gasteiger partial charge in [-0.2, -0.15) is 0 Å². The summed E-state index contributed by atoms with van der Waals surface area (Å²) in [5, 5.41) is 0.604. The van der Waals surface area contributed by atoms with Gasteiger partial charge in [0, 0.05) is 6.07 Å². The zero-order chi connectivity index (χ0) is 9.19. The quantitative estimate of drug-likeness (QED) is 0.649. The van der Waals surface area contributed by atoms with E-state index in [4.69, 9.17) is 16.3 Å². The van der Waals surface area contributed by atoms with Crippen LogP contribution in [-0.2, 0) is 0 Å². The molecule has 0 aromatic heterocycles. The van der Waals surface area contributed by atoms with E-state index < -0.39 is 0 Å². The van der Waals surface area contributed by atoms with Crippen LogP contribution in [0.1, 0.15) is 20.8 Å². The van der Waals surface area contributed by atoms with Gasteiger partial charge in [0.05, 0.1) is 5.02 Å². The summed E-state index contributed by atoms with van der Waals surface area (Å²) in [6, 6.07) is 8.35. The van der Waals surface area contributed by atoms with E-state index in [9.17, 15) is 0 Å². The van der Waals surface area contributed by atoms with E-state index in [1.165, 1.54) is 0 Å². The summed E-state index contributed by atoms with van der Waals surface area (Å²) in [4.78, 5) is 0. The Morgan fingerprint density at radius 1 is 1.42 bits per heavy atom. The number of benzene rings is 1. The molecule has 0 aliphatic carbocycles. The molecule has 0 saturated carbocycles. The maximum absolute atomic E-state index is 5.87. The van der Waals surface area contributed by atoms with Crippen molar-refractivity contribution < 1.29 is 4.74 Å². The molecule has 1 aromatic rings. The Balaban J connectivity index is 2.83. The maximum atomic E-state index is 5.87. The lowest BCUT2D eigenvalue weighted by atomic mass is 10.2. The van der Waals surface area contributed by atoms with Crippen LogP contribution in [0.3, 0.4) is 0 Å². The van der Waals surface area contributed by atoms with Gasteiger partial charge in [-0.3, -0.25) is 0 Å². The summed E-state index contributed by atoms with van der Waals surface area (Å²) in [6.45, 7) is 5.93. The minimum Gasteiger partial charge on any atom is -0.486 e. The molecule has 1 rings (SSSR count). The fourth-order valence-corrected chi connectivity index (χ4v) is 0.951. The van der Waals surface area contributed by atoms with Crippen LogP contribution in [-0.4, -0.2) is 5.60 Å². The fraction of sp³-hybridized carbons (Fsp3) is 0.400. The van der Waals surface area contributed by atoms with Gasteiger partial charge < -0.3 is 4.74 Å². The molecule has 12 heavy (non-hydrogen) atoms. The van der Waals surface area contributed by atoms with Gasteiger partial charge in [-0.05, 0) is 26.8 Å². The largest absolute Gasteiger partial charge is 0.486 e. The highest BCUT2D eigenvalue weighted by molar-refractivity contribution is 6.32. The molecule has 0 saturated heterocycles. The third-order valence-electron chi connectivity index (χ3n) is 1.18. The zero-order valence-corrected chi connectivity index (χ0v) is 8.27. The highest BCUT2D eigenvalue weighted by Crippen LogP contribution is 2.26. The van der Waals surface area contributed by atoms with Gasteiger partial charge in [0.25, 0.3) is 0 Å². The topological polar surface area (TPSA) is 9.23 Å². The lowest BCUT2D eigenvalue weighted by Gasteiger charge is -2.21. The fourth-order valence-electron chi connectivity index (χ4n) is 0.785. The van der Waals surface area contributed by atoms with E-state index in [1.807, 2.05) is 26.8 Å². The molecule has 0 aliphatic heterocycles. The molecule has 0 amide bonds. The van der Waals surface area contributed by atoms with Crippen molar-refractivity contribution in [3.8, 4) is 5.75 Å². The Bertz CT molecular complexity index is 263. The predicted octanol–water partition coefficient (Wildman–Crippen LogP) is 3.32. The smallest absolute Gasteiger partial charge is 0.146 e. The lowest BCUT2D eigenvalue weighted by Crippen LogP contribution is -2.23. The third kappa shape index (κ3) is 2.74. The monoisotopic (exact) mass is 183 g/mol. The van der Waals surface area contributed by atoms with Gasteiger partial charge in [0.15, 0.2) is 0 Å². The number of halogens is 1. The Morgan fingerprint density at radius 3 is 2.58 bits per heavy atom. The van der Waals surface area contributed by atoms with Crippen LogP contribution in [0.4, 0.5) is 0 Å². The molecule has 0 bridgehead atoms. The summed E-state index contributed by atoms with van der Waals surface area (Å²) in [7, 11) is 0. The minimum atomic E-state index is -0.221. The van der Waals surface area contributed by atoms with E-state index >= 15 is 0 Å². The number of hydrogen-bond acceptors (Lipinski definition) is 1. The predicted molar refractivity (Wildman–Crippen MR) is 50.7 cm³/mol. The van der Waals surface area contributed by atoms with Gasteiger partial charge in [0.2, 0.25) is 0 Å². The molecule has 0 spiro atoms. The Morgan fingerprint density at radius 2 is 2.08 bits per heavy atom. The minimum absolute atomic E-state index is 0.221. The molecule has 1 nitrogen and oxygen atoms in total. The van der Waals surface area contributed by atoms with Crippen LogP contribution < -0.4 is 4.74 Å². The summed E-state index contributed by atoms with van der Waals surface area (Å²) in [5.74, 6) is 0.617. The number of ether oxygens (including phenoxy) is 1. The van der Waals surface area contributed by atoms with Crippen LogP contribution in [0.25, 0.3) is 0 Å². The first-order valence-corrected chi connectivity index (χ1v) is 4.22. The molecule has 1 radical (unpaired) electrons. The van der Waals surface area contributed by atoms with E-state index in [1.54, 1.807) is 12.1 Å². The summed E-state index contributed by atoms with van der Waals surface area (Å²) < 4.78 is 5.54. The molecule has 0 unspecified atom stereocenters. The van der Waals surface area contributed by atoms with E-state index in [-0.39, 0.29) is 5.60 Å². The molecular formula is C10H12ClO. The molecule has 0 fully saturated rings. The summed E-state index contributed by atoms with van der Waals surface area (Å²) in [6.07, 6.45) is 0. The van der Waals surface area contributed by atoms with Gasteiger partial charge in [-0.25, -0.2) is 0 Å².